The fraction of sp³-hybridized carbons (Fsp3) is 0.318. The Labute approximate surface area is 180 Å². The average molecular weight is 426 g/mol. The topological polar surface area (TPSA) is 81.1 Å². The molecule has 2 aromatic carbocycles. The number of nitrogens with one attached hydrogen (secondary N) is 2. The van der Waals surface area contributed by atoms with E-state index in [0.717, 1.165) is 23.3 Å². The molecule has 3 aromatic rings. The van der Waals surface area contributed by atoms with Crippen LogP contribution in [0.25, 0.3) is 0 Å². The molecule has 0 saturated carbocycles. The minimum Gasteiger partial charge on any atom is -0.497 e. The van der Waals surface area contributed by atoms with Crippen LogP contribution in [-0.4, -0.2) is 27.8 Å². The summed E-state index contributed by atoms with van der Waals surface area (Å²) in [5.41, 5.74) is 2.07. The van der Waals surface area contributed by atoms with E-state index in [-0.39, 0.29) is 29.9 Å². The Morgan fingerprint density at radius 3 is 2.63 bits per heavy atom. The van der Waals surface area contributed by atoms with Crippen molar-refractivity contribution in [2.24, 2.45) is 5.92 Å². The van der Waals surface area contributed by atoms with Crippen molar-refractivity contribution in [1.29, 1.82) is 0 Å². The summed E-state index contributed by atoms with van der Waals surface area (Å²) in [5.74, 6) is 1.39. The molecule has 0 aliphatic carbocycles. The minimum absolute atomic E-state index is 0.00234. The van der Waals surface area contributed by atoms with Crippen LogP contribution >= 0.6 is 11.6 Å². The van der Waals surface area contributed by atoms with Gasteiger partial charge in [0.1, 0.15) is 5.75 Å². The number of carbonyl (C=O) groups excluding carboxylic acids is 1. The smallest absolute Gasteiger partial charge is 0.250 e. The number of ether oxygens (including phenoxy) is 1. The van der Waals surface area contributed by atoms with Crippen LogP contribution in [0.5, 0.6) is 5.75 Å². The Morgan fingerprint density at radius 2 is 1.97 bits per heavy atom. The van der Waals surface area contributed by atoms with Crippen LogP contribution in [0.1, 0.15) is 43.5 Å². The molecular weight excluding hydrogens is 402 g/mol. The lowest BCUT2D eigenvalue weighted by Crippen LogP contribution is -2.28. The van der Waals surface area contributed by atoms with Crippen molar-refractivity contribution < 1.29 is 9.53 Å². The number of hydrogen-bond donors (Lipinski definition) is 2. The molecule has 1 amide bonds. The van der Waals surface area contributed by atoms with Crippen LogP contribution in [0.3, 0.4) is 0 Å². The monoisotopic (exact) mass is 425 g/mol. The Bertz CT molecular complexity index is 1050. The Morgan fingerprint density at radius 1 is 1.23 bits per heavy atom. The lowest BCUT2D eigenvalue weighted by atomic mass is 9.93. The zero-order valence-electron chi connectivity index (χ0n) is 17.1. The fourth-order valence-corrected chi connectivity index (χ4v) is 3.81. The summed E-state index contributed by atoms with van der Waals surface area (Å²) in [4.78, 5) is 16.7. The van der Waals surface area contributed by atoms with Crippen molar-refractivity contribution in [3.05, 3.63) is 64.7 Å². The first-order chi connectivity index (χ1) is 14.5. The van der Waals surface area contributed by atoms with Gasteiger partial charge in [0, 0.05) is 10.9 Å². The predicted octanol–water partition coefficient (Wildman–Crippen LogP) is 4.68. The molecule has 0 fully saturated rings. The third-order valence-electron chi connectivity index (χ3n) is 5.23. The molecule has 0 bridgehead atoms. The largest absolute Gasteiger partial charge is 0.497 e. The number of methoxy groups -OCH3 is 1. The maximum Gasteiger partial charge on any atom is 0.250 e. The third-order valence-corrected chi connectivity index (χ3v) is 5.57. The van der Waals surface area contributed by atoms with Crippen molar-refractivity contribution in [2.45, 2.75) is 32.4 Å². The molecule has 2 unspecified atom stereocenters. The van der Waals surface area contributed by atoms with Gasteiger partial charge in [-0.05, 0) is 35.7 Å². The summed E-state index contributed by atoms with van der Waals surface area (Å²) < 4.78 is 7.08. The van der Waals surface area contributed by atoms with Gasteiger partial charge in [-0.15, -0.1) is 5.10 Å². The van der Waals surface area contributed by atoms with Crippen molar-refractivity contribution in [2.75, 3.05) is 17.7 Å². The molecule has 4 rings (SSSR count). The molecule has 156 valence electrons. The van der Waals surface area contributed by atoms with E-state index in [4.69, 9.17) is 16.3 Å². The van der Waals surface area contributed by atoms with Crippen LogP contribution in [0.2, 0.25) is 5.02 Å². The SMILES string of the molecule is COc1ccc(C2CC(c3ccccc3Cl)n3nc(NC(=O)C(C)C)nc3N2)cc1. The van der Waals surface area contributed by atoms with Crippen LogP contribution in [0, 0.1) is 5.92 Å². The highest BCUT2D eigenvalue weighted by atomic mass is 35.5. The number of benzene rings is 2. The quantitative estimate of drug-likeness (QED) is 0.620. The third kappa shape index (κ3) is 3.98. The Hall–Kier alpha value is -3.06. The van der Waals surface area contributed by atoms with E-state index in [2.05, 4.69) is 20.7 Å². The molecule has 1 aliphatic rings. The number of carbonyl (C=O) groups is 1. The van der Waals surface area contributed by atoms with Gasteiger partial charge < -0.3 is 10.1 Å². The molecule has 2 N–H and O–H groups in total. The normalized spacial score (nSPS) is 17.9. The van der Waals surface area contributed by atoms with Gasteiger partial charge in [-0.3, -0.25) is 10.1 Å². The highest BCUT2D eigenvalue weighted by molar-refractivity contribution is 6.31. The van der Waals surface area contributed by atoms with Gasteiger partial charge in [-0.2, -0.15) is 4.98 Å². The molecule has 2 atom stereocenters. The standard InChI is InChI=1S/C22H24ClN5O2/c1-13(2)20(29)25-21-26-22-24-18(14-8-10-15(30-3)11-9-14)12-19(28(22)27-21)16-6-4-5-7-17(16)23/h4-11,13,18-19H,12H2,1-3H3,(H2,24,25,26,27,29). The van der Waals surface area contributed by atoms with Gasteiger partial charge in [0.05, 0.1) is 19.2 Å². The zero-order valence-corrected chi connectivity index (χ0v) is 17.8. The summed E-state index contributed by atoms with van der Waals surface area (Å²) in [6.45, 7) is 3.66. The number of fused-ring (bicyclic) bond motifs is 1. The van der Waals surface area contributed by atoms with E-state index in [9.17, 15) is 4.79 Å². The fourth-order valence-electron chi connectivity index (χ4n) is 3.54. The first-order valence-electron chi connectivity index (χ1n) is 9.88. The van der Waals surface area contributed by atoms with E-state index >= 15 is 0 Å². The molecule has 1 aromatic heterocycles. The molecular formula is C22H24ClN5O2. The van der Waals surface area contributed by atoms with Crippen molar-refractivity contribution in [3.63, 3.8) is 0 Å². The van der Waals surface area contributed by atoms with E-state index in [1.165, 1.54) is 0 Å². The lowest BCUT2D eigenvalue weighted by molar-refractivity contribution is -0.118. The van der Waals surface area contributed by atoms with Crippen LogP contribution in [-0.2, 0) is 4.79 Å². The van der Waals surface area contributed by atoms with Crippen molar-refractivity contribution >= 4 is 29.4 Å². The second-order valence-electron chi connectivity index (χ2n) is 7.59. The number of halogens is 1. The molecule has 0 saturated heterocycles. The van der Waals surface area contributed by atoms with E-state index in [0.29, 0.717) is 11.0 Å². The van der Waals surface area contributed by atoms with Crippen LogP contribution < -0.4 is 15.4 Å². The highest BCUT2D eigenvalue weighted by Crippen LogP contribution is 2.40. The number of aromatic nitrogens is 3. The number of hydrogen-bond acceptors (Lipinski definition) is 5. The van der Waals surface area contributed by atoms with Crippen LogP contribution in [0.15, 0.2) is 48.5 Å². The van der Waals surface area contributed by atoms with Gasteiger partial charge in [0.15, 0.2) is 0 Å². The van der Waals surface area contributed by atoms with E-state index in [1.807, 2.05) is 62.4 Å². The summed E-state index contributed by atoms with van der Waals surface area (Å²) in [5, 5.41) is 11.5. The summed E-state index contributed by atoms with van der Waals surface area (Å²) in [6, 6.07) is 15.6. The molecule has 1 aliphatic heterocycles. The molecule has 0 radical (unpaired) electrons. The van der Waals surface area contributed by atoms with Gasteiger partial charge >= 0.3 is 0 Å². The van der Waals surface area contributed by atoms with Gasteiger partial charge in [0.2, 0.25) is 11.9 Å². The van der Waals surface area contributed by atoms with Crippen LogP contribution in [0.4, 0.5) is 11.9 Å². The van der Waals surface area contributed by atoms with E-state index < -0.39 is 0 Å². The summed E-state index contributed by atoms with van der Waals surface area (Å²) in [7, 11) is 1.65. The molecule has 0 spiro atoms. The Balaban J connectivity index is 1.72. The van der Waals surface area contributed by atoms with Gasteiger partial charge in [-0.25, -0.2) is 4.68 Å². The van der Waals surface area contributed by atoms with Crippen molar-refractivity contribution in [3.8, 4) is 5.75 Å². The second-order valence-corrected chi connectivity index (χ2v) is 8.00. The maximum absolute atomic E-state index is 12.1. The molecule has 2 heterocycles. The van der Waals surface area contributed by atoms with E-state index in [1.54, 1.807) is 11.8 Å². The van der Waals surface area contributed by atoms with Crippen molar-refractivity contribution in [1.82, 2.24) is 14.8 Å². The molecule has 7 nitrogen and oxygen atoms in total. The number of amides is 1. The van der Waals surface area contributed by atoms with Gasteiger partial charge in [-0.1, -0.05) is 55.8 Å². The zero-order chi connectivity index (χ0) is 21.3. The predicted molar refractivity (Wildman–Crippen MR) is 117 cm³/mol. The van der Waals surface area contributed by atoms with Gasteiger partial charge in [0.25, 0.3) is 5.95 Å². The summed E-state index contributed by atoms with van der Waals surface area (Å²) in [6.07, 6.45) is 0.726. The molecule has 8 heteroatoms. The first kappa shape index (κ1) is 20.2. The lowest BCUT2D eigenvalue weighted by Gasteiger charge is -2.32. The Kier molecular flexibility index (Phi) is 5.63. The maximum atomic E-state index is 12.1. The minimum atomic E-state index is -0.162. The average Bonchev–Trinajstić information content (AvgIpc) is 3.16. The number of anilines is 2. The molecule has 30 heavy (non-hydrogen) atoms. The first-order valence-corrected chi connectivity index (χ1v) is 10.3. The number of rotatable bonds is 5. The highest BCUT2D eigenvalue weighted by Gasteiger charge is 2.32. The number of nitrogens with zero attached hydrogens (tertiary/aromatic N) is 3. The second kappa shape index (κ2) is 8.36. The summed E-state index contributed by atoms with van der Waals surface area (Å²) >= 11 is 6.52.